The average Bonchev–Trinajstić information content (AvgIpc) is 2.43. The first-order chi connectivity index (χ1) is 9.37. The second-order valence-electron chi connectivity index (χ2n) is 3.86. The van der Waals surface area contributed by atoms with Gasteiger partial charge in [0.2, 0.25) is 0 Å². The minimum Gasteiger partial charge on any atom is -0.493 e. The number of carboxylic acids is 1. The molecule has 0 radical (unpaired) electrons. The number of hydrogen-bond acceptors (Lipinski definition) is 5. The number of rotatable bonds is 6. The van der Waals surface area contributed by atoms with Crippen LogP contribution in [0.1, 0.15) is 17.3 Å². The van der Waals surface area contributed by atoms with Crippen molar-refractivity contribution in [1.29, 1.82) is 0 Å². The Labute approximate surface area is 117 Å². The van der Waals surface area contributed by atoms with Crippen LogP contribution < -0.4 is 9.47 Å². The van der Waals surface area contributed by atoms with Gasteiger partial charge in [-0.1, -0.05) is 12.2 Å². The molecule has 0 unspecified atom stereocenters. The Morgan fingerprint density at radius 3 is 2.40 bits per heavy atom. The molecule has 0 aliphatic heterocycles. The molecule has 0 aromatic heterocycles. The van der Waals surface area contributed by atoms with Crippen LogP contribution in [0.2, 0.25) is 0 Å². The van der Waals surface area contributed by atoms with Crippen molar-refractivity contribution in [2.24, 2.45) is 0 Å². The molecule has 20 heavy (non-hydrogen) atoms. The highest BCUT2D eigenvalue weighted by molar-refractivity contribution is 7.91. The van der Waals surface area contributed by atoms with Crippen LogP contribution >= 0.6 is 0 Å². The lowest BCUT2D eigenvalue weighted by Gasteiger charge is -2.12. The third kappa shape index (κ3) is 3.30. The highest BCUT2D eigenvalue weighted by Crippen LogP contribution is 2.34. The number of carbonyl (C=O) groups is 1. The Kier molecular flexibility index (Phi) is 5.15. The lowest BCUT2D eigenvalue weighted by atomic mass is 10.2. The fourth-order valence-electron chi connectivity index (χ4n) is 1.60. The average molecular weight is 300 g/mol. The quantitative estimate of drug-likeness (QED) is 0.805. The monoisotopic (exact) mass is 300 g/mol. The second-order valence-corrected chi connectivity index (χ2v) is 5.90. The van der Waals surface area contributed by atoms with Crippen LogP contribution in [0.4, 0.5) is 0 Å². The van der Waals surface area contributed by atoms with E-state index in [9.17, 15) is 13.2 Å². The van der Waals surface area contributed by atoms with E-state index in [1.165, 1.54) is 26.4 Å². The molecule has 1 aromatic carbocycles. The van der Waals surface area contributed by atoms with Crippen LogP contribution in [-0.2, 0) is 9.84 Å². The molecule has 0 saturated carbocycles. The predicted octanol–water partition coefficient (Wildman–Crippen LogP) is 1.75. The standard InChI is InChI=1S/C13H16O6S/c1-4-5-6-20(16,17)9-7-10(13(14)15)12(19-3)11(8-9)18-2/h4-5,7-8H,6H2,1-3H3,(H,14,15)/b5-4+. The number of carboxylic acid groups (broad SMARTS) is 1. The maximum Gasteiger partial charge on any atom is 0.339 e. The molecule has 6 nitrogen and oxygen atoms in total. The van der Waals surface area contributed by atoms with E-state index < -0.39 is 15.8 Å². The summed E-state index contributed by atoms with van der Waals surface area (Å²) in [6.45, 7) is 1.70. The van der Waals surface area contributed by atoms with Gasteiger partial charge < -0.3 is 14.6 Å². The molecule has 0 bridgehead atoms. The van der Waals surface area contributed by atoms with Gasteiger partial charge in [0.1, 0.15) is 5.56 Å². The molecule has 7 heteroatoms. The van der Waals surface area contributed by atoms with Crippen LogP contribution in [0.5, 0.6) is 11.5 Å². The molecule has 0 heterocycles. The number of methoxy groups -OCH3 is 2. The summed E-state index contributed by atoms with van der Waals surface area (Å²) in [6, 6.07) is 2.33. The molecule has 1 rings (SSSR count). The molecule has 0 aliphatic carbocycles. The Balaban J connectivity index is 3.51. The lowest BCUT2D eigenvalue weighted by molar-refractivity contribution is 0.0692. The van der Waals surface area contributed by atoms with E-state index in [-0.39, 0.29) is 27.7 Å². The Morgan fingerprint density at radius 2 is 1.95 bits per heavy atom. The topological polar surface area (TPSA) is 89.9 Å². The molecule has 0 atom stereocenters. The first kappa shape index (κ1) is 16.0. The smallest absolute Gasteiger partial charge is 0.339 e. The van der Waals surface area contributed by atoms with Gasteiger partial charge in [-0.3, -0.25) is 0 Å². The Morgan fingerprint density at radius 1 is 1.30 bits per heavy atom. The number of benzene rings is 1. The van der Waals surface area contributed by atoms with E-state index in [0.717, 1.165) is 6.07 Å². The molecular formula is C13H16O6S. The van der Waals surface area contributed by atoms with E-state index in [1.807, 2.05) is 0 Å². The molecule has 1 aromatic rings. The molecular weight excluding hydrogens is 284 g/mol. The molecule has 0 aliphatic rings. The molecule has 0 fully saturated rings. The highest BCUT2D eigenvalue weighted by atomic mass is 32.2. The largest absolute Gasteiger partial charge is 0.493 e. The van der Waals surface area contributed by atoms with Crippen molar-refractivity contribution in [1.82, 2.24) is 0 Å². The maximum atomic E-state index is 12.1. The zero-order valence-corrected chi connectivity index (χ0v) is 12.2. The van der Waals surface area contributed by atoms with Crippen molar-refractivity contribution >= 4 is 15.8 Å². The van der Waals surface area contributed by atoms with E-state index in [4.69, 9.17) is 14.6 Å². The maximum absolute atomic E-state index is 12.1. The van der Waals surface area contributed by atoms with Crippen molar-refractivity contribution in [2.45, 2.75) is 11.8 Å². The normalized spacial score (nSPS) is 11.6. The molecule has 0 amide bonds. The van der Waals surface area contributed by atoms with Gasteiger partial charge in [-0.05, 0) is 13.0 Å². The van der Waals surface area contributed by atoms with Gasteiger partial charge in [-0.25, -0.2) is 13.2 Å². The summed E-state index contributed by atoms with van der Waals surface area (Å²) in [7, 11) is -1.02. The number of hydrogen-bond donors (Lipinski definition) is 1. The third-order valence-corrected chi connectivity index (χ3v) is 4.18. The van der Waals surface area contributed by atoms with Gasteiger partial charge in [0.25, 0.3) is 0 Å². The minimum atomic E-state index is -3.62. The summed E-state index contributed by atoms with van der Waals surface area (Å²) in [5.41, 5.74) is -0.258. The first-order valence-electron chi connectivity index (χ1n) is 5.70. The van der Waals surface area contributed by atoms with Crippen LogP contribution in [-0.4, -0.2) is 39.5 Å². The summed E-state index contributed by atoms with van der Waals surface area (Å²) < 4.78 is 34.1. The minimum absolute atomic E-state index is 0.00927. The van der Waals surface area contributed by atoms with Crippen LogP contribution in [0.25, 0.3) is 0 Å². The summed E-state index contributed by atoms with van der Waals surface area (Å²) in [4.78, 5) is 11.1. The zero-order chi connectivity index (χ0) is 15.3. The van der Waals surface area contributed by atoms with Crippen molar-refractivity contribution in [3.63, 3.8) is 0 Å². The summed E-state index contributed by atoms with van der Waals surface area (Å²) in [5, 5.41) is 9.14. The fourth-order valence-corrected chi connectivity index (χ4v) is 2.82. The molecule has 0 saturated heterocycles. The van der Waals surface area contributed by atoms with Crippen molar-refractivity contribution in [3.05, 3.63) is 29.8 Å². The van der Waals surface area contributed by atoms with Crippen LogP contribution in [0.3, 0.4) is 0 Å². The van der Waals surface area contributed by atoms with E-state index in [0.29, 0.717) is 0 Å². The number of sulfone groups is 1. The predicted molar refractivity (Wildman–Crippen MR) is 73.4 cm³/mol. The van der Waals surface area contributed by atoms with Crippen LogP contribution in [0, 0.1) is 0 Å². The van der Waals surface area contributed by atoms with Gasteiger partial charge in [-0.15, -0.1) is 0 Å². The Hall–Kier alpha value is -2.02. The SMILES string of the molecule is C/C=C/CS(=O)(=O)c1cc(OC)c(OC)c(C(=O)O)c1. The number of ether oxygens (including phenoxy) is 2. The molecule has 1 N–H and O–H groups in total. The second kappa shape index (κ2) is 6.42. The van der Waals surface area contributed by atoms with Gasteiger partial charge in [0, 0.05) is 6.07 Å². The summed E-state index contributed by atoms with van der Waals surface area (Å²) in [5.74, 6) is -1.45. The molecule has 110 valence electrons. The highest BCUT2D eigenvalue weighted by Gasteiger charge is 2.23. The van der Waals surface area contributed by atoms with Gasteiger partial charge in [-0.2, -0.15) is 0 Å². The summed E-state index contributed by atoms with van der Waals surface area (Å²) in [6.07, 6.45) is 3.09. The van der Waals surface area contributed by atoms with Gasteiger partial charge in [0.15, 0.2) is 21.3 Å². The van der Waals surface area contributed by atoms with Crippen molar-refractivity contribution in [3.8, 4) is 11.5 Å². The zero-order valence-electron chi connectivity index (χ0n) is 11.4. The Bertz CT molecular complexity index is 631. The first-order valence-corrected chi connectivity index (χ1v) is 7.35. The molecule has 0 spiro atoms. The number of aromatic carboxylic acids is 1. The fraction of sp³-hybridized carbons (Fsp3) is 0.308. The lowest BCUT2D eigenvalue weighted by Crippen LogP contribution is -2.09. The van der Waals surface area contributed by atoms with Crippen molar-refractivity contribution < 1.29 is 27.8 Å². The third-order valence-electron chi connectivity index (χ3n) is 2.59. The number of allylic oxidation sites excluding steroid dienone is 1. The van der Waals surface area contributed by atoms with Crippen molar-refractivity contribution in [2.75, 3.05) is 20.0 Å². The van der Waals surface area contributed by atoms with E-state index >= 15 is 0 Å². The van der Waals surface area contributed by atoms with E-state index in [1.54, 1.807) is 13.0 Å². The van der Waals surface area contributed by atoms with Gasteiger partial charge >= 0.3 is 5.97 Å². The van der Waals surface area contributed by atoms with E-state index in [2.05, 4.69) is 0 Å². The summed E-state index contributed by atoms with van der Waals surface area (Å²) >= 11 is 0. The van der Waals surface area contributed by atoms with Crippen LogP contribution in [0.15, 0.2) is 29.2 Å². The van der Waals surface area contributed by atoms with Gasteiger partial charge in [0.05, 0.1) is 24.9 Å².